The van der Waals surface area contributed by atoms with Crippen molar-refractivity contribution in [3.63, 3.8) is 0 Å². The molecule has 0 bridgehead atoms. The summed E-state index contributed by atoms with van der Waals surface area (Å²) in [6.45, 7) is 3.91. The standard InChI is InChI=1S/C18H18ClNO3/c1-12-6-7-15(8-13(12)2)18(22)23-11-17(21)20-10-14-4-3-5-16(19)9-14/h3-9H,10-11H2,1-2H3,(H,20,21). The first-order valence-corrected chi connectivity index (χ1v) is 7.59. The van der Waals surface area contributed by atoms with Crippen LogP contribution in [0.4, 0.5) is 0 Å². The topological polar surface area (TPSA) is 55.4 Å². The average molecular weight is 332 g/mol. The van der Waals surface area contributed by atoms with Crippen molar-refractivity contribution in [1.29, 1.82) is 0 Å². The zero-order chi connectivity index (χ0) is 16.8. The SMILES string of the molecule is Cc1ccc(C(=O)OCC(=O)NCc2cccc(Cl)c2)cc1C. The molecule has 0 atom stereocenters. The van der Waals surface area contributed by atoms with Crippen molar-refractivity contribution in [3.8, 4) is 0 Å². The molecule has 0 aliphatic rings. The largest absolute Gasteiger partial charge is 0.452 e. The third-order valence-electron chi connectivity index (χ3n) is 3.46. The maximum atomic E-state index is 11.9. The lowest BCUT2D eigenvalue weighted by atomic mass is 10.1. The molecule has 1 amide bonds. The molecule has 5 heteroatoms. The molecule has 0 fully saturated rings. The van der Waals surface area contributed by atoms with Crippen LogP contribution in [0, 0.1) is 13.8 Å². The number of amides is 1. The maximum Gasteiger partial charge on any atom is 0.338 e. The van der Waals surface area contributed by atoms with E-state index in [2.05, 4.69) is 5.32 Å². The third-order valence-corrected chi connectivity index (χ3v) is 3.69. The number of ether oxygens (including phenoxy) is 1. The summed E-state index contributed by atoms with van der Waals surface area (Å²) in [5, 5.41) is 3.29. The fourth-order valence-corrected chi connectivity index (χ4v) is 2.19. The van der Waals surface area contributed by atoms with Crippen molar-refractivity contribution >= 4 is 23.5 Å². The zero-order valence-corrected chi connectivity index (χ0v) is 13.8. The van der Waals surface area contributed by atoms with E-state index < -0.39 is 5.97 Å². The summed E-state index contributed by atoms with van der Waals surface area (Å²) in [6.07, 6.45) is 0. The first-order valence-electron chi connectivity index (χ1n) is 7.21. The van der Waals surface area contributed by atoms with Crippen LogP contribution in [0.5, 0.6) is 0 Å². The number of hydrogen-bond acceptors (Lipinski definition) is 3. The van der Waals surface area contributed by atoms with Crippen LogP contribution in [-0.2, 0) is 16.1 Å². The van der Waals surface area contributed by atoms with E-state index in [1.807, 2.05) is 32.0 Å². The summed E-state index contributed by atoms with van der Waals surface area (Å²) in [4.78, 5) is 23.6. The Balaban J connectivity index is 1.81. The second-order valence-corrected chi connectivity index (χ2v) is 5.72. The summed E-state index contributed by atoms with van der Waals surface area (Å²) in [5.74, 6) is -0.867. The van der Waals surface area contributed by atoms with Gasteiger partial charge in [0.2, 0.25) is 0 Å². The van der Waals surface area contributed by atoms with Crippen molar-refractivity contribution in [3.05, 3.63) is 69.7 Å². The van der Waals surface area contributed by atoms with Gasteiger partial charge in [0.05, 0.1) is 5.56 Å². The highest BCUT2D eigenvalue weighted by Crippen LogP contribution is 2.11. The summed E-state index contributed by atoms with van der Waals surface area (Å²) >= 11 is 5.87. The number of benzene rings is 2. The number of aryl methyl sites for hydroxylation is 2. The third kappa shape index (κ3) is 5.11. The van der Waals surface area contributed by atoms with Crippen LogP contribution in [-0.4, -0.2) is 18.5 Å². The maximum absolute atomic E-state index is 11.9. The highest BCUT2D eigenvalue weighted by molar-refractivity contribution is 6.30. The Labute approximate surface area is 140 Å². The molecule has 2 rings (SSSR count). The van der Waals surface area contributed by atoms with E-state index in [1.165, 1.54) is 0 Å². The first-order chi connectivity index (χ1) is 11.0. The zero-order valence-electron chi connectivity index (χ0n) is 13.1. The molecule has 0 spiro atoms. The molecule has 23 heavy (non-hydrogen) atoms. The Morgan fingerprint density at radius 1 is 1.09 bits per heavy atom. The number of carbonyl (C=O) groups is 2. The second kappa shape index (κ2) is 7.79. The van der Waals surface area contributed by atoms with Gasteiger partial charge >= 0.3 is 5.97 Å². The lowest BCUT2D eigenvalue weighted by molar-refractivity contribution is -0.124. The van der Waals surface area contributed by atoms with Crippen LogP contribution < -0.4 is 5.32 Å². The number of carbonyl (C=O) groups excluding carboxylic acids is 2. The van der Waals surface area contributed by atoms with Crippen LogP contribution in [0.1, 0.15) is 27.0 Å². The molecule has 0 saturated heterocycles. The minimum Gasteiger partial charge on any atom is -0.452 e. The van der Waals surface area contributed by atoms with Crippen molar-refractivity contribution in [1.82, 2.24) is 5.32 Å². The molecule has 0 saturated carbocycles. The van der Waals surface area contributed by atoms with Crippen LogP contribution in [0.25, 0.3) is 0 Å². The molecule has 0 radical (unpaired) electrons. The van der Waals surface area contributed by atoms with Crippen LogP contribution in [0.2, 0.25) is 5.02 Å². The second-order valence-electron chi connectivity index (χ2n) is 5.28. The molecule has 0 unspecified atom stereocenters. The predicted octanol–water partition coefficient (Wildman–Crippen LogP) is 3.43. The highest BCUT2D eigenvalue weighted by atomic mass is 35.5. The van der Waals surface area contributed by atoms with Crippen molar-refractivity contribution < 1.29 is 14.3 Å². The number of rotatable bonds is 5. The van der Waals surface area contributed by atoms with E-state index in [1.54, 1.807) is 24.3 Å². The number of esters is 1. The van der Waals surface area contributed by atoms with Crippen LogP contribution in [0.15, 0.2) is 42.5 Å². The molecule has 2 aromatic carbocycles. The lowest BCUT2D eigenvalue weighted by Crippen LogP contribution is -2.28. The van der Waals surface area contributed by atoms with E-state index >= 15 is 0 Å². The lowest BCUT2D eigenvalue weighted by Gasteiger charge is -2.08. The first kappa shape index (κ1) is 17.0. The van der Waals surface area contributed by atoms with Gasteiger partial charge < -0.3 is 10.1 Å². The van der Waals surface area contributed by atoms with Gasteiger partial charge in [-0.15, -0.1) is 0 Å². The normalized spacial score (nSPS) is 10.2. The number of halogens is 1. The molecule has 0 aromatic heterocycles. The fraction of sp³-hybridized carbons (Fsp3) is 0.222. The monoisotopic (exact) mass is 331 g/mol. The summed E-state index contributed by atoms with van der Waals surface area (Å²) in [6, 6.07) is 12.5. The Bertz CT molecular complexity index is 728. The van der Waals surface area contributed by atoms with Gasteiger partial charge in [0.25, 0.3) is 5.91 Å². The van der Waals surface area contributed by atoms with E-state index in [-0.39, 0.29) is 12.5 Å². The Morgan fingerprint density at radius 3 is 2.57 bits per heavy atom. The number of hydrogen-bond donors (Lipinski definition) is 1. The van der Waals surface area contributed by atoms with Gasteiger partial charge in [-0.1, -0.05) is 29.8 Å². The highest BCUT2D eigenvalue weighted by Gasteiger charge is 2.10. The minimum atomic E-state index is -0.508. The van der Waals surface area contributed by atoms with Gasteiger partial charge in [0, 0.05) is 11.6 Å². The Morgan fingerprint density at radius 2 is 1.87 bits per heavy atom. The van der Waals surface area contributed by atoms with Crippen molar-refractivity contribution in [2.75, 3.05) is 6.61 Å². The van der Waals surface area contributed by atoms with Crippen molar-refractivity contribution in [2.24, 2.45) is 0 Å². The summed E-state index contributed by atoms with van der Waals surface area (Å²) in [7, 11) is 0. The predicted molar refractivity (Wildman–Crippen MR) is 89.5 cm³/mol. The molecule has 0 aliphatic carbocycles. The summed E-state index contributed by atoms with van der Waals surface area (Å²) < 4.78 is 5.02. The van der Waals surface area contributed by atoms with Gasteiger partial charge in [-0.3, -0.25) is 4.79 Å². The summed E-state index contributed by atoms with van der Waals surface area (Å²) in [5.41, 5.74) is 3.42. The molecule has 0 aliphatic heterocycles. The van der Waals surface area contributed by atoms with Crippen LogP contribution >= 0.6 is 11.6 Å². The van der Waals surface area contributed by atoms with E-state index in [9.17, 15) is 9.59 Å². The average Bonchev–Trinajstić information content (AvgIpc) is 2.53. The molecule has 0 heterocycles. The number of nitrogens with one attached hydrogen (secondary N) is 1. The Hall–Kier alpha value is -2.33. The quantitative estimate of drug-likeness (QED) is 0.854. The van der Waals surface area contributed by atoms with Gasteiger partial charge in [0.1, 0.15) is 0 Å². The molecular weight excluding hydrogens is 314 g/mol. The van der Waals surface area contributed by atoms with E-state index in [4.69, 9.17) is 16.3 Å². The fourth-order valence-electron chi connectivity index (χ4n) is 1.98. The molecule has 2 aromatic rings. The van der Waals surface area contributed by atoms with Gasteiger partial charge in [-0.05, 0) is 54.8 Å². The molecular formula is C18H18ClNO3. The van der Waals surface area contributed by atoms with E-state index in [0.29, 0.717) is 17.1 Å². The molecule has 1 N–H and O–H groups in total. The smallest absolute Gasteiger partial charge is 0.338 e. The molecule has 4 nitrogen and oxygen atoms in total. The van der Waals surface area contributed by atoms with Crippen molar-refractivity contribution in [2.45, 2.75) is 20.4 Å². The van der Waals surface area contributed by atoms with Crippen LogP contribution in [0.3, 0.4) is 0 Å². The van der Waals surface area contributed by atoms with Gasteiger partial charge in [0.15, 0.2) is 6.61 Å². The minimum absolute atomic E-state index is 0.313. The van der Waals surface area contributed by atoms with E-state index in [0.717, 1.165) is 16.7 Å². The molecule has 120 valence electrons. The van der Waals surface area contributed by atoms with Gasteiger partial charge in [-0.25, -0.2) is 4.79 Å². The van der Waals surface area contributed by atoms with Gasteiger partial charge in [-0.2, -0.15) is 0 Å². The Kier molecular flexibility index (Phi) is 5.77.